The number of hydrogen-bond acceptors (Lipinski definition) is 4. The Labute approximate surface area is 121 Å². The van der Waals surface area contributed by atoms with Crippen LogP contribution in [0.25, 0.3) is 0 Å². The van der Waals surface area contributed by atoms with Crippen molar-refractivity contribution in [1.82, 2.24) is 9.88 Å². The summed E-state index contributed by atoms with van der Waals surface area (Å²) in [6.07, 6.45) is -1.28. The molecule has 0 bridgehead atoms. The third kappa shape index (κ3) is 4.90. The first-order valence-corrected chi connectivity index (χ1v) is 6.75. The van der Waals surface area contributed by atoms with E-state index in [1.165, 1.54) is 4.90 Å². The van der Waals surface area contributed by atoms with Gasteiger partial charge in [-0.2, -0.15) is 18.4 Å². The number of piperidine rings is 1. The van der Waals surface area contributed by atoms with E-state index in [-0.39, 0.29) is 11.8 Å². The standard InChI is InChI=1S/C14H16F3N3O/c15-14(16,17)10-20-6-3-11(4-7-20)9-21-13-12(8-18)2-1-5-19-13/h1-2,5,11H,3-4,6-7,9-10H2. The molecule has 1 saturated heterocycles. The fraction of sp³-hybridized carbons (Fsp3) is 0.571. The van der Waals surface area contributed by atoms with Crippen LogP contribution in [0.2, 0.25) is 0 Å². The molecule has 0 atom stereocenters. The van der Waals surface area contributed by atoms with Gasteiger partial charge in [-0.05, 0) is 44.0 Å². The molecule has 1 aromatic rings. The predicted molar refractivity (Wildman–Crippen MR) is 69.7 cm³/mol. The van der Waals surface area contributed by atoms with Crippen LogP contribution >= 0.6 is 0 Å². The van der Waals surface area contributed by atoms with Crippen LogP contribution in [0.4, 0.5) is 13.2 Å². The van der Waals surface area contributed by atoms with Gasteiger partial charge in [-0.25, -0.2) is 4.98 Å². The second kappa shape index (κ2) is 6.76. The Hall–Kier alpha value is -1.81. The highest BCUT2D eigenvalue weighted by atomic mass is 19.4. The van der Waals surface area contributed by atoms with Crippen LogP contribution in [-0.2, 0) is 0 Å². The quantitative estimate of drug-likeness (QED) is 0.857. The summed E-state index contributed by atoms with van der Waals surface area (Å²) in [5.74, 6) is 0.487. The van der Waals surface area contributed by atoms with Crippen LogP contribution in [0, 0.1) is 17.2 Å². The summed E-state index contributed by atoms with van der Waals surface area (Å²) in [6, 6.07) is 5.27. The Morgan fingerprint density at radius 3 is 2.71 bits per heavy atom. The molecule has 0 spiro atoms. The molecule has 1 aliphatic heterocycles. The lowest BCUT2D eigenvalue weighted by Crippen LogP contribution is -2.41. The Morgan fingerprint density at radius 1 is 1.38 bits per heavy atom. The Balaban J connectivity index is 1.78. The molecule has 0 unspecified atom stereocenters. The molecule has 21 heavy (non-hydrogen) atoms. The lowest BCUT2D eigenvalue weighted by Gasteiger charge is -2.32. The van der Waals surface area contributed by atoms with Crippen molar-refractivity contribution in [3.05, 3.63) is 23.9 Å². The third-order valence-corrected chi connectivity index (χ3v) is 3.46. The number of rotatable bonds is 4. The van der Waals surface area contributed by atoms with E-state index < -0.39 is 12.7 Å². The minimum atomic E-state index is -4.14. The van der Waals surface area contributed by atoms with E-state index in [0.717, 1.165) is 0 Å². The molecule has 114 valence electrons. The number of alkyl halides is 3. The van der Waals surface area contributed by atoms with E-state index in [9.17, 15) is 13.2 Å². The van der Waals surface area contributed by atoms with Gasteiger partial charge in [0.15, 0.2) is 0 Å². The zero-order valence-corrected chi connectivity index (χ0v) is 11.4. The minimum Gasteiger partial charge on any atom is -0.476 e. The van der Waals surface area contributed by atoms with Crippen LogP contribution in [0.15, 0.2) is 18.3 Å². The van der Waals surface area contributed by atoms with Crippen LogP contribution in [0.3, 0.4) is 0 Å². The molecule has 0 aliphatic carbocycles. The average molecular weight is 299 g/mol. The van der Waals surface area contributed by atoms with Gasteiger partial charge in [0.05, 0.1) is 13.2 Å². The van der Waals surface area contributed by atoms with Crippen molar-refractivity contribution in [1.29, 1.82) is 5.26 Å². The van der Waals surface area contributed by atoms with E-state index in [2.05, 4.69) is 4.98 Å². The molecular formula is C14H16F3N3O. The highest BCUT2D eigenvalue weighted by Gasteiger charge is 2.32. The van der Waals surface area contributed by atoms with Crippen molar-refractivity contribution < 1.29 is 17.9 Å². The molecule has 2 rings (SSSR count). The molecule has 0 amide bonds. The topological polar surface area (TPSA) is 49.1 Å². The first-order chi connectivity index (χ1) is 9.98. The van der Waals surface area contributed by atoms with Gasteiger partial charge in [0.2, 0.25) is 5.88 Å². The van der Waals surface area contributed by atoms with Crippen LogP contribution < -0.4 is 4.74 Å². The maximum atomic E-state index is 12.3. The first kappa shape index (κ1) is 15.6. The zero-order chi connectivity index (χ0) is 15.3. The SMILES string of the molecule is N#Cc1cccnc1OCC1CCN(CC(F)(F)F)CC1. The molecule has 7 heteroatoms. The normalized spacial score (nSPS) is 17.4. The van der Waals surface area contributed by atoms with Gasteiger partial charge in [0.1, 0.15) is 11.6 Å². The van der Waals surface area contributed by atoms with E-state index in [1.807, 2.05) is 6.07 Å². The number of halogens is 3. The molecule has 4 nitrogen and oxygen atoms in total. The van der Waals surface area contributed by atoms with E-state index in [1.54, 1.807) is 18.3 Å². The average Bonchev–Trinajstić information content (AvgIpc) is 2.45. The highest BCUT2D eigenvalue weighted by molar-refractivity contribution is 5.36. The number of likely N-dealkylation sites (tertiary alicyclic amines) is 1. The fourth-order valence-electron chi connectivity index (χ4n) is 2.35. The smallest absolute Gasteiger partial charge is 0.401 e. The van der Waals surface area contributed by atoms with Crippen LogP contribution in [0.5, 0.6) is 5.88 Å². The number of nitrogens with zero attached hydrogens (tertiary/aromatic N) is 3. The summed E-state index contributed by atoms with van der Waals surface area (Å²) in [7, 11) is 0. The summed E-state index contributed by atoms with van der Waals surface area (Å²) in [6.45, 7) is 0.368. The second-order valence-electron chi connectivity index (χ2n) is 5.11. The number of nitriles is 1. The van der Waals surface area contributed by atoms with Gasteiger partial charge in [-0.3, -0.25) is 4.90 Å². The van der Waals surface area contributed by atoms with Crippen molar-refractivity contribution >= 4 is 0 Å². The van der Waals surface area contributed by atoms with Crippen LogP contribution in [0.1, 0.15) is 18.4 Å². The molecule has 1 aromatic heterocycles. The summed E-state index contributed by atoms with van der Waals surface area (Å²) >= 11 is 0. The lowest BCUT2D eigenvalue weighted by atomic mass is 9.98. The Kier molecular flexibility index (Phi) is 5.02. The summed E-state index contributed by atoms with van der Waals surface area (Å²) in [5, 5.41) is 8.92. The summed E-state index contributed by atoms with van der Waals surface area (Å²) < 4.78 is 42.4. The number of pyridine rings is 1. The maximum absolute atomic E-state index is 12.3. The van der Waals surface area contributed by atoms with Gasteiger partial charge in [-0.1, -0.05) is 0 Å². The lowest BCUT2D eigenvalue weighted by molar-refractivity contribution is -0.148. The molecule has 1 fully saturated rings. The molecule has 1 aliphatic rings. The van der Waals surface area contributed by atoms with E-state index in [0.29, 0.717) is 38.1 Å². The van der Waals surface area contributed by atoms with E-state index >= 15 is 0 Å². The fourth-order valence-corrected chi connectivity index (χ4v) is 2.35. The van der Waals surface area contributed by atoms with Gasteiger partial charge in [-0.15, -0.1) is 0 Å². The predicted octanol–water partition coefficient (Wildman–Crippen LogP) is 2.61. The zero-order valence-electron chi connectivity index (χ0n) is 11.4. The number of hydrogen-bond donors (Lipinski definition) is 0. The molecule has 2 heterocycles. The molecule has 0 radical (unpaired) electrons. The van der Waals surface area contributed by atoms with Gasteiger partial charge in [0, 0.05) is 6.20 Å². The van der Waals surface area contributed by atoms with Gasteiger partial charge in [0.25, 0.3) is 0 Å². The number of ether oxygens (including phenoxy) is 1. The van der Waals surface area contributed by atoms with Crippen molar-refractivity contribution in [3.8, 4) is 11.9 Å². The maximum Gasteiger partial charge on any atom is 0.401 e. The monoisotopic (exact) mass is 299 g/mol. The minimum absolute atomic E-state index is 0.197. The Bertz CT molecular complexity index is 505. The van der Waals surface area contributed by atoms with Crippen molar-refractivity contribution in [2.24, 2.45) is 5.92 Å². The van der Waals surface area contributed by atoms with Crippen molar-refractivity contribution in [2.45, 2.75) is 19.0 Å². The largest absolute Gasteiger partial charge is 0.476 e. The second-order valence-corrected chi connectivity index (χ2v) is 5.11. The molecule has 0 saturated carbocycles. The van der Waals surface area contributed by atoms with Crippen molar-refractivity contribution in [3.63, 3.8) is 0 Å². The van der Waals surface area contributed by atoms with Crippen molar-refractivity contribution in [2.75, 3.05) is 26.2 Å². The first-order valence-electron chi connectivity index (χ1n) is 6.75. The molecular weight excluding hydrogens is 283 g/mol. The van der Waals surface area contributed by atoms with E-state index in [4.69, 9.17) is 10.00 Å². The summed E-state index contributed by atoms with van der Waals surface area (Å²) in [5.41, 5.74) is 0.368. The number of aromatic nitrogens is 1. The van der Waals surface area contributed by atoms with Crippen LogP contribution in [-0.4, -0.2) is 42.3 Å². The summed E-state index contributed by atoms with van der Waals surface area (Å²) in [4.78, 5) is 5.41. The highest BCUT2D eigenvalue weighted by Crippen LogP contribution is 2.23. The molecule has 0 aromatic carbocycles. The van der Waals surface area contributed by atoms with Gasteiger partial charge < -0.3 is 4.74 Å². The third-order valence-electron chi connectivity index (χ3n) is 3.46. The molecule has 0 N–H and O–H groups in total. The Morgan fingerprint density at radius 2 is 2.10 bits per heavy atom. The van der Waals surface area contributed by atoms with Gasteiger partial charge >= 0.3 is 6.18 Å².